The van der Waals surface area contributed by atoms with Gasteiger partial charge in [0, 0.05) is 12.0 Å². The van der Waals surface area contributed by atoms with Gasteiger partial charge < -0.3 is 4.74 Å². The molecule has 1 rings (SSSR count). The smallest absolute Gasteiger partial charge is 0.410 e. The van der Waals surface area contributed by atoms with Crippen molar-refractivity contribution in [2.24, 2.45) is 5.14 Å². The molecule has 1 atom stereocenters. The molecule has 0 spiro atoms. The molecule has 1 saturated heterocycles. The fourth-order valence-electron chi connectivity index (χ4n) is 2.02. The number of carbonyl (C=O) groups excluding carboxylic acids is 1. The molecule has 1 aliphatic rings. The average Bonchev–Trinajstić information content (AvgIpc) is 2.55. The Labute approximate surface area is 114 Å². The lowest BCUT2D eigenvalue weighted by Gasteiger charge is -2.34. The van der Waals surface area contributed by atoms with Gasteiger partial charge in [0.25, 0.3) is 0 Å². The highest BCUT2D eigenvalue weighted by Crippen LogP contribution is 2.31. The zero-order chi connectivity index (χ0) is 14.9. The molecule has 0 saturated carbocycles. The highest BCUT2D eigenvalue weighted by Gasteiger charge is 2.39. The van der Waals surface area contributed by atoms with Gasteiger partial charge in [-0.1, -0.05) is 0 Å². The van der Waals surface area contributed by atoms with E-state index < -0.39 is 27.3 Å². The van der Waals surface area contributed by atoms with Crippen molar-refractivity contribution >= 4 is 16.1 Å². The maximum atomic E-state index is 12.1. The van der Waals surface area contributed by atoms with Gasteiger partial charge in [-0.25, -0.2) is 18.4 Å². The van der Waals surface area contributed by atoms with E-state index in [1.165, 1.54) is 6.08 Å². The standard InChI is InChI=1S/C12H22N2O4S/c1-11(2,3)18-10(15)14-8-5-6-12(14,4)7-9-19(13,16)17/h7,9H,5-6,8H2,1-4H3,(H2,13,16,17). The van der Waals surface area contributed by atoms with E-state index in [-0.39, 0.29) is 0 Å². The largest absolute Gasteiger partial charge is 0.444 e. The van der Waals surface area contributed by atoms with Crippen LogP contribution in [0.5, 0.6) is 0 Å². The number of nitrogens with zero attached hydrogens (tertiary/aromatic N) is 1. The first-order valence-corrected chi connectivity index (χ1v) is 7.77. The molecule has 0 bridgehead atoms. The number of nitrogens with two attached hydrogens (primary N) is 1. The summed E-state index contributed by atoms with van der Waals surface area (Å²) in [5.41, 5.74) is -1.25. The van der Waals surface area contributed by atoms with E-state index in [9.17, 15) is 13.2 Å². The normalized spacial score (nSPS) is 25.0. The summed E-state index contributed by atoms with van der Waals surface area (Å²) in [6.07, 6.45) is 2.49. The third kappa shape index (κ3) is 4.83. The lowest BCUT2D eigenvalue weighted by molar-refractivity contribution is 0.0169. The van der Waals surface area contributed by atoms with Crippen molar-refractivity contribution in [3.63, 3.8) is 0 Å². The molecule has 1 aliphatic heterocycles. The van der Waals surface area contributed by atoms with Gasteiger partial charge in [0.1, 0.15) is 5.60 Å². The molecule has 110 valence electrons. The number of carbonyl (C=O) groups is 1. The summed E-state index contributed by atoms with van der Waals surface area (Å²) in [6.45, 7) is 7.71. The van der Waals surface area contributed by atoms with Gasteiger partial charge in [-0.2, -0.15) is 0 Å². The Morgan fingerprint density at radius 1 is 1.42 bits per heavy atom. The van der Waals surface area contributed by atoms with Gasteiger partial charge >= 0.3 is 6.09 Å². The van der Waals surface area contributed by atoms with Gasteiger partial charge in [0.05, 0.1) is 5.54 Å². The average molecular weight is 290 g/mol. The summed E-state index contributed by atoms with van der Waals surface area (Å²) >= 11 is 0. The number of likely N-dealkylation sites (tertiary alicyclic amines) is 1. The predicted octanol–water partition coefficient (Wildman–Crippen LogP) is 1.58. The number of hydrogen-bond donors (Lipinski definition) is 1. The molecule has 1 heterocycles. The number of amides is 1. The van der Waals surface area contributed by atoms with Crippen LogP contribution in [0.2, 0.25) is 0 Å². The molecule has 7 heteroatoms. The van der Waals surface area contributed by atoms with Crippen LogP contribution >= 0.6 is 0 Å². The van der Waals surface area contributed by atoms with E-state index in [4.69, 9.17) is 9.88 Å². The number of primary sulfonamides is 1. The second kappa shape index (κ2) is 5.13. The van der Waals surface area contributed by atoms with Gasteiger partial charge in [0.2, 0.25) is 10.0 Å². The highest BCUT2D eigenvalue weighted by molar-refractivity contribution is 7.92. The SMILES string of the molecule is CC(C)(C)OC(=O)N1CCCC1(C)C=CS(N)(=O)=O. The molecule has 0 aromatic carbocycles. The number of ether oxygens (including phenoxy) is 1. The van der Waals surface area contributed by atoms with Crippen molar-refractivity contribution in [1.82, 2.24) is 4.90 Å². The van der Waals surface area contributed by atoms with Crippen molar-refractivity contribution in [1.29, 1.82) is 0 Å². The maximum absolute atomic E-state index is 12.1. The Morgan fingerprint density at radius 3 is 2.47 bits per heavy atom. The van der Waals surface area contributed by atoms with E-state index in [0.717, 1.165) is 11.8 Å². The summed E-state index contributed by atoms with van der Waals surface area (Å²) in [7, 11) is -3.69. The van der Waals surface area contributed by atoms with Crippen LogP contribution in [-0.4, -0.2) is 37.1 Å². The zero-order valence-corrected chi connectivity index (χ0v) is 12.7. The van der Waals surface area contributed by atoms with E-state index in [1.807, 2.05) is 0 Å². The summed E-state index contributed by atoms with van der Waals surface area (Å²) in [5, 5.41) is 5.89. The number of hydrogen-bond acceptors (Lipinski definition) is 4. The third-order valence-corrected chi connectivity index (χ3v) is 3.43. The monoisotopic (exact) mass is 290 g/mol. The fourth-order valence-corrected chi connectivity index (χ4v) is 2.50. The highest BCUT2D eigenvalue weighted by atomic mass is 32.2. The minimum atomic E-state index is -3.69. The van der Waals surface area contributed by atoms with Crippen molar-refractivity contribution in [2.45, 2.75) is 51.7 Å². The summed E-state index contributed by atoms with van der Waals surface area (Å²) < 4.78 is 27.3. The lowest BCUT2D eigenvalue weighted by atomic mass is 10.00. The fraction of sp³-hybridized carbons (Fsp3) is 0.750. The van der Waals surface area contributed by atoms with Crippen LogP contribution < -0.4 is 5.14 Å². The molecular formula is C12H22N2O4S. The Balaban J connectivity index is 2.89. The van der Waals surface area contributed by atoms with E-state index in [0.29, 0.717) is 13.0 Å². The molecule has 0 radical (unpaired) electrons. The quantitative estimate of drug-likeness (QED) is 0.836. The molecule has 0 aliphatic carbocycles. The molecule has 1 fully saturated rings. The topological polar surface area (TPSA) is 89.7 Å². The van der Waals surface area contributed by atoms with Crippen LogP contribution in [0, 0.1) is 0 Å². The van der Waals surface area contributed by atoms with Gasteiger partial charge in [-0.15, -0.1) is 0 Å². The third-order valence-electron chi connectivity index (χ3n) is 2.91. The number of sulfonamides is 1. The molecule has 0 aromatic rings. The van der Waals surface area contributed by atoms with Gasteiger partial charge in [-0.05, 0) is 46.6 Å². The second-order valence-electron chi connectivity index (χ2n) is 5.98. The predicted molar refractivity (Wildman–Crippen MR) is 72.8 cm³/mol. The van der Waals surface area contributed by atoms with Crippen LogP contribution in [0.3, 0.4) is 0 Å². The molecule has 0 aromatic heterocycles. The molecule has 1 amide bonds. The van der Waals surface area contributed by atoms with E-state index in [2.05, 4.69) is 0 Å². The van der Waals surface area contributed by atoms with E-state index >= 15 is 0 Å². The van der Waals surface area contributed by atoms with Crippen molar-refractivity contribution in [3.05, 3.63) is 11.5 Å². The summed E-state index contributed by atoms with van der Waals surface area (Å²) in [4.78, 5) is 13.6. The molecule has 2 N–H and O–H groups in total. The van der Waals surface area contributed by atoms with Crippen molar-refractivity contribution in [2.75, 3.05) is 6.54 Å². The minimum absolute atomic E-state index is 0.438. The Kier molecular flexibility index (Phi) is 4.31. The number of rotatable bonds is 2. The first kappa shape index (κ1) is 16.0. The van der Waals surface area contributed by atoms with E-state index in [1.54, 1.807) is 32.6 Å². The van der Waals surface area contributed by atoms with Crippen LogP contribution in [-0.2, 0) is 14.8 Å². The van der Waals surface area contributed by atoms with Gasteiger partial charge in [0.15, 0.2) is 0 Å². The Hall–Kier alpha value is -1.08. The first-order chi connectivity index (χ1) is 8.43. The minimum Gasteiger partial charge on any atom is -0.444 e. The zero-order valence-electron chi connectivity index (χ0n) is 11.8. The lowest BCUT2D eigenvalue weighted by Crippen LogP contribution is -2.46. The van der Waals surface area contributed by atoms with Gasteiger partial charge in [-0.3, -0.25) is 4.90 Å². The molecule has 1 unspecified atom stereocenters. The van der Waals surface area contributed by atoms with Crippen LogP contribution in [0.4, 0.5) is 4.79 Å². The first-order valence-electron chi connectivity index (χ1n) is 6.16. The van der Waals surface area contributed by atoms with Crippen LogP contribution in [0.25, 0.3) is 0 Å². The van der Waals surface area contributed by atoms with Crippen molar-refractivity contribution in [3.8, 4) is 0 Å². The summed E-state index contributed by atoms with van der Waals surface area (Å²) in [5.74, 6) is 0. The molecular weight excluding hydrogens is 268 g/mol. The molecule has 6 nitrogen and oxygen atoms in total. The second-order valence-corrected chi connectivity index (χ2v) is 7.43. The summed E-state index contributed by atoms with van der Waals surface area (Å²) in [6, 6.07) is 0. The Morgan fingerprint density at radius 2 is 2.00 bits per heavy atom. The molecule has 19 heavy (non-hydrogen) atoms. The van der Waals surface area contributed by atoms with Crippen molar-refractivity contribution < 1.29 is 17.9 Å². The van der Waals surface area contributed by atoms with Crippen LogP contribution in [0.15, 0.2) is 11.5 Å². The maximum Gasteiger partial charge on any atom is 0.410 e. The van der Waals surface area contributed by atoms with Crippen LogP contribution in [0.1, 0.15) is 40.5 Å². The Bertz CT molecular complexity index is 478.